The van der Waals surface area contributed by atoms with Crippen LogP contribution in [0.1, 0.15) is 30.5 Å². The molecule has 0 bridgehead atoms. The fourth-order valence-corrected chi connectivity index (χ4v) is 2.93. The number of benzene rings is 2. The SMILES string of the molecule is CCCNC(c1cccc(OC)c1)c1ccccc1I. The van der Waals surface area contributed by atoms with E-state index in [4.69, 9.17) is 4.74 Å². The van der Waals surface area contributed by atoms with Crippen molar-refractivity contribution in [1.82, 2.24) is 5.32 Å². The van der Waals surface area contributed by atoms with Gasteiger partial charge in [-0.25, -0.2) is 0 Å². The monoisotopic (exact) mass is 381 g/mol. The smallest absolute Gasteiger partial charge is 0.119 e. The fraction of sp³-hybridized carbons (Fsp3) is 0.294. The topological polar surface area (TPSA) is 21.3 Å². The summed E-state index contributed by atoms with van der Waals surface area (Å²) in [5, 5.41) is 3.63. The maximum atomic E-state index is 5.35. The Morgan fingerprint density at radius 2 is 1.95 bits per heavy atom. The van der Waals surface area contributed by atoms with Crippen molar-refractivity contribution in [3.05, 3.63) is 63.2 Å². The van der Waals surface area contributed by atoms with Gasteiger partial charge in [0.05, 0.1) is 13.2 Å². The van der Waals surface area contributed by atoms with Crippen molar-refractivity contribution in [3.63, 3.8) is 0 Å². The Bertz CT molecular complexity index is 556. The van der Waals surface area contributed by atoms with Gasteiger partial charge in [-0.05, 0) is 64.9 Å². The number of methoxy groups -OCH3 is 1. The van der Waals surface area contributed by atoms with Gasteiger partial charge in [-0.2, -0.15) is 0 Å². The molecule has 0 aliphatic carbocycles. The summed E-state index contributed by atoms with van der Waals surface area (Å²) in [7, 11) is 1.71. The molecular formula is C17H20INO. The molecule has 0 radical (unpaired) electrons. The van der Waals surface area contributed by atoms with E-state index in [9.17, 15) is 0 Å². The van der Waals surface area contributed by atoms with Gasteiger partial charge in [0.15, 0.2) is 0 Å². The van der Waals surface area contributed by atoms with Crippen LogP contribution in [0.15, 0.2) is 48.5 Å². The summed E-state index contributed by atoms with van der Waals surface area (Å²) >= 11 is 2.40. The van der Waals surface area contributed by atoms with Crippen molar-refractivity contribution in [1.29, 1.82) is 0 Å². The first-order valence-electron chi connectivity index (χ1n) is 6.88. The van der Waals surface area contributed by atoms with E-state index in [0.717, 1.165) is 18.7 Å². The van der Waals surface area contributed by atoms with Crippen LogP contribution in [0.3, 0.4) is 0 Å². The molecule has 106 valence electrons. The molecule has 2 aromatic carbocycles. The molecule has 20 heavy (non-hydrogen) atoms. The standard InChI is InChI=1S/C17H20INO/c1-3-11-19-17(15-9-4-5-10-16(15)18)13-7-6-8-14(12-13)20-2/h4-10,12,17,19H,3,11H2,1-2H3. The summed E-state index contributed by atoms with van der Waals surface area (Å²) in [6.45, 7) is 3.18. The van der Waals surface area contributed by atoms with Crippen LogP contribution in [0.25, 0.3) is 0 Å². The van der Waals surface area contributed by atoms with Crippen molar-refractivity contribution in [2.24, 2.45) is 0 Å². The summed E-state index contributed by atoms with van der Waals surface area (Å²) in [5.41, 5.74) is 2.55. The Kier molecular flexibility index (Phi) is 5.86. The first-order valence-corrected chi connectivity index (χ1v) is 7.96. The minimum absolute atomic E-state index is 0.207. The molecule has 2 rings (SSSR count). The second-order valence-corrected chi connectivity index (χ2v) is 5.85. The fourth-order valence-electron chi connectivity index (χ4n) is 2.23. The van der Waals surface area contributed by atoms with Gasteiger partial charge in [-0.15, -0.1) is 0 Å². The summed E-state index contributed by atoms with van der Waals surface area (Å²) in [5.74, 6) is 0.900. The minimum Gasteiger partial charge on any atom is -0.497 e. The van der Waals surface area contributed by atoms with Crippen molar-refractivity contribution in [2.45, 2.75) is 19.4 Å². The molecule has 0 heterocycles. The van der Waals surface area contributed by atoms with Gasteiger partial charge < -0.3 is 10.1 Å². The molecule has 0 fully saturated rings. The first-order chi connectivity index (χ1) is 9.76. The second-order valence-electron chi connectivity index (χ2n) is 4.69. The van der Waals surface area contributed by atoms with E-state index >= 15 is 0 Å². The molecule has 0 saturated heterocycles. The van der Waals surface area contributed by atoms with Crippen LogP contribution in [0.4, 0.5) is 0 Å². The first kappa shape index (κ1) is 15.3. The lowest BCUT2D eigenvalue weighted by molar-refractivity contribution is 0.413. The van der Waals surface area contributed by atoms with Gasteiger partial charge in [0.1, 0.15) is 5.75 Å². The Morgan fingerprint density at radius 1 is 1.15 bits per heavy atom. The van der Waals surface area contributed by atoms with Gasteiger partial charge in [-0.1, -0.05) is 37.3 Å². The summed E-state index contributed by atoms with van der Waals surface area (Å²) in [6, 6.07) is 17.0. The highest BCUT2D eigenvalue weighted by Gasteiger charge is 2.16. The average molecular weight is 381 g/mol. The number of hydrogen-bond acceptors (Lipinski definition) is 2. The zero-order valence-electron chi connectivity index (χ0n) is 11.9. The molecule has 0 aliphatic heterocycles. The molecule has 0 spiro atoms. The normalized spacial score (nSPS) is 12.2. The minimum atomic E-state index is 0.207. The predicted octanol–water partition coefficient (Wildman–Crippen LogP) is 4.39. The van der Waals surface area contributed by atoms with Crippen LogP contribution in [0.5, 0.6) is 5.75 Å². The third-order valence-electron chi connectivity index (χ3n) is 3.24. The quantitative estimate of drug-likeness (QED) is 0.750. The van der Waals surface area contributed by atoms with Crippen molar-refractivity contribution in [3.8, 4) is 5.75 Å². The average Bonchev–Trinajstić information content (AvgIpc) is 2.49. The van der Waals surface area contributed by atoms with E-state index < -0.39 is 0 Å². The highest BCUT2D eigenvalue weighted by atomic mass is 127. The van der Waals surface area contributed by atoms with Gasteiger partial charge in [0, 0.05) is 3.57 Å². The van der Waals surface area contributed by atoms with Gasteiger partial charge in [0.25, 0.3) is 0 Å². The molecule has 1 atom stereocenters. The maximum Gasteiger partial charge on any atom is 0.119 e. The number of halogens is 1. The molecule has 0 amide bonds. The van der Waals surface area contributed by atoms with Crippen LogP contribution in [-0.4, -0.2) is 13.7 Å². The zero-order chi connectivity index (χ0) is 14.4. The van der Waals surface area contributed by atoms with E-state index in [0.29, 0.717) is 0 Å². The van der Waals surface area contributed by atoms with Gasteiger partial charge in [-0.3, -0.25) is 0 Å². The lowest BCUT2D eigenvalue weighted by atomic mass is 9.98. The summed E-state index contributed by atoms with van der Waals surface area (Å²) in [4.78, 5) is 0. The maximum absolute atomic E-state index is 5.35. The van der Waals surface area contributed by atoms with E-state index in [1.165, 1.54) is 14.7 Å². The Morgan fingerprint density at radius 3 is 2.65 bits per heavy atom. The number of rotatable bonds is 6. The van der Waals surface area contributed by atoms with E-state index in [1.807, 2.05) is 12.1 Å². The number of nitrogens with one attached hydrogen (secondary N) is 1. The van der Waals surface area contributed by atoms with E-state index in [2.05, 4.69) is 71.2 Å². The Labute approximate surface area is 134 Å². The lowest BCUT2D eigenvalue weighted by Gasteiger charge is -2.21. The van der Waals surface area contributed by atoms with Crippen LogP contribution >= 0.6 is 22.6 Å². The molecular weight excluding hydrogens is 361 g/mol. The molecule has 0 aliphatic rings. The van der Waals surface area contributed by atoms with Crippen molar-refractivity contribution >= 4 is 22.6 Å². The number of hydrogen-bond donors (Lipinski definition) is 1. The molecule has 0 saturated carbocycles. The van der Waals surface area contributed by atoms with E-state index in [-0.39, 0.29) is 6.04 Å². The molecule has 2 nitrogen and oxygen atoms in total. The summed E-state index contributed by atoms with van der Waals surface area (Å²) in [6.07, 6.45) is 1.11. The third-order valence-corrected chi connectivity index (χ3v) is 4.22. The van der Waals surface area contributed by atoms with Gasteiger partial charge >= 0.3 is 0 Å². The lowest BCUT2D eigenvalue weighted by Crippen LogP contribution is -2.24. The van der Waals surface area contributed by atoms with Crippen LogP contribution in [0, 0.1) is 3.57 Å². The Hall–Kier alpha value is -1.07. The third kappa shape index (κ3) is 3.73. The molecule has 2 aromatic rings. The van der Waals surface area contributed by atoms with Gasteiger partial charge in [0.2, 0.25) is 0 Å². The largest absolute Gasteiger partial charge is 0.497 e. The number of ether oxygens (including phenoxy) is 1. The molecule has 0 aromatic heterocycles. The Balaban J connectivity index is 2.38. The highest BCUT2D eigenvalue weighted by Crippen LogP contribution is 2.28. The van der Waals surface area contributed by atoms with Crippen LogP contribution < -0.4 is 10.1 Å². The predicted molar refractivity (Wildman–Crippen MR) is 92.3 cm³/mol. The second kappa shape index (κ2) is 7.64. The highest BCUT2D eigenvalue weighted by molar-refractivity contribution is 14.1. The van der Waals surface area contributed by atoms with Crippen LogP contribution in [-0.2, 0) is 0 Å². The molecule has 3 heteroatoms. The molecule has 1 N–H and O–H groups in total. The van der Waals surface area contributed by atoms with Crippen molar-refractivity contribution in [2.75, 3.05) is 13.7 Å². The van der Waals surface area contributed by atoms with Crippen LogP contribution in [0.2, 0.25) is 0 Å². The van der Waals surface area contributed by atoms with E-state index in [1.54, 1.807) is 7.11 Å². The molecule has 1 unspecified atom stereocenters. The van der Waals surface area contributed by atoms with Crippen molar-refractivity contribution < 1.29 is 4.74 Å². The summed E-state index contributed by atoms with van der Waals surface area (Å²) < 4.78 is 6.63. The zero-order valence-corrected chi connectivity index (χ0v) is 14.1.